The van der Waals surface area contributed by atoms with Gasteiger partial charge in [-0.1, -0.05) is 6.92 Å². The van der Waals surface area contributed by atoms with Crippen LogP contribution in [0.2, 0.25) is 0 Å². The molecule has 1 aromatic carbocycles. The second-order valence-corrected chi connectivity index (χ2v) is 5.27. The summed E-state index contributed by atoms with van der Waals surface area (Å²) in [6.07, 6.45) is 0. The highest BCUT2D eigenvalue weighted by Gasteiger charge is 2.02. The number of thioether (sulfide) groups is 1. The van der Waals surface area contributed by atoms with Crippen molar-refractivity contribution in [3.63, 3.8) is 0 Å². The molecule has 3 nitrogen and oxygen atoms in total. The second kappa shape index (κ2) is 7.35. The summed E-state index contributed by atoms with van der Waals surface area (Å²) in [6.45, 7) is 4.79. The van der Waals surface area contributed by atoms with Crippen LogP contribution in [0.15, 0.2) is 29.2 Å². The van der Waals surface area contributed by atoms with Gasteiger partial charge in [0.1, 0.15) is 0 Å². The summed E-state index contributed by atoms with van der Waals surface area (Å²) in [6, 6.07) is 7.96. The molecule has 0 fully saturated rings. The van der Waals surface area contributed by atoms with Crippen molar-refractivity contribution >= 4 is 23.4 Å². The van der Waals surface area contributed by atoms with E-state index in [1.807, 2.05) is 43.1 Å². The van der Waals surface area contributed by atoms with Gasteiger partial charge in [-0.3, -0.25) is 4.79 Å². The zero-order valence-corrected chi connectivity index (χ0v) is 11.4. The number of rotatable bonds is 6. The van der Waals surface area contributed by atoms with Crippen molar-refractivity contribution in [2.75, 3.05) is 24.7 Å². The van der Waals surface area contributed by atoms with Crippen molar-refractivity contribution in [3.8, 4) is 0 Å². The SMILES string of the molecule is CNCC(C)CSc1ccc(NC(C)=O)cc1. The van der Waals surface area contributed by atoms with Crippen LogP contribution in [0.4, 0.5) is 5.69 Å². The first-order valence-electron chi connectivity index (χ1n) is 5.77. The van der Waals surface area contributed by atoms with Crippen LogP contribution < -0.4 is 10.6 Å². The van der Waals surface area contributed by atoms with E-state index < -0.39 is 0 Å². The largest absolute Gasteiger partial charge is 0.326 e. The van der Waals surface area contributed by atoms with E-state index in [1.54, 1.807) is 0 Å². The normalized spacial score (nSPS) is 12.2. The lowest BCUT2D eigenvalue weighted by atomic mass is 10.2. The van der Waals surface area contributed by atoms with Gasteiger partial charge in [0.05, 0.1) is 0 Å². The Bertz CT molecular complexity index is 351. The first-order chi connectivity index (χ1) is 8.11. The van der Waals surface area contributed by atoms with Gasteiger partial charge in [0.25, 0.3) is 0 Å². The fourth-order valence-electron chi connectivity index (χ4n) is 1.48. The number of anilines is 1. The van der Waals surface area contributed by atoms with Crippen LogP contribution in [-0.2, 0) is 4.79 Å². The number of carbonyl (C=O) groups is 1. The van der Waals surface area contributed by atoms with Crippen LogP contribution in [0.3, 0.4) is 0 Å². The molecule has 0 aliphatic carbocycles. The first kappa shape index (κ1) is 14.1. The second-order valence-electron chi connectivity index (χ2n) is 4.18. The number of nitrogens with one attached hydrogen (secondary N) is 2. The molecule has 17 heavy (non-hydrogen) atoms. The third-order valence-corrected chi connectivity index (χ3v) is 3.60. The molecule has 0 bridgehead atoms. The summed E-state index contributed by atoms with van der Waals surface area (Å²) in [5, 5.41) is 5.93. The molecule has 0 saturated heterocycles. The van der Waals surface area contributed by atoms with Gasteiger partial charge in [0.15, 0.2) is 0 Å². The summed E-state index contributed by atoms with van der Waals surface area (Å²) < 4.78 is 0. The van der Waals surface area contributed by atoms with E-state index in [4.69, 9.17) is 0 Å². The van der Waals surface area contributed by atoms with Crippen molar-refractivity contribution in [1.29, 1.82) is 0 Å². The highest BCUT2D eigenvalue weighted by Crippen LogP contribution is 2.22. The predicted octanol–water partition coefficient (Wildman–Crippen LogP) is 2.59. The zero-order chi connectivity index (χ0) is 12.7. The predicted molar refractivity (Wildman–Crippen MR) is 74.6 cm³/mol. The smallest absolute Gasteiger partial charge is 0.221 e. The summed E-state index contributed by atoms with van der Waals surface area (Å²) >= 11 is 1.84. The lowest BCUT2D eigenvalue weighted by Crippen LogP contribution is -2.17. The maximum atomic E-state index is 10.9. The molecule has 1 aromatic rings. The monoisotopic (exact) mass is 252 g/mol. The van der Waals surface area contributed by atoms with E-state index >= 15 is 0 Å². The van der Waals surface area contributed by atoms with Gasteiger partial charge in [-0.2, -0.15) is 0 Å². The maximum Gasteiger partial charge on any atom is 0.221 e. The quantitative estimate of drug-likeness (QED) is 0.765. The highest BCUT2D eigenvalue weighted by atomic mass is 32.2. The average Bonchev–Trinajstić information content (AvgIpc) is 2.28. The zero-order valence-electron chi connectivity index (χ0n) is 10.6. The van der Waals surface area contributed by atoms with Crippen LogP contribution >= 0.6 is 11.8 Å². The fraction of sp³-hybridized carbons (Fsp3) is 0.462. The summed E-state index contributed by atoms with van der Waals surface area (Å²) in [5.74, 6) is 1.72. The molecule has 0 aromatic heterocycles. The summed E-state index contributed by atoms with van der Waals surface area (Å²) in [4.78, 5) is 12.1. The minimum atomic E-state index is -0.0342. The minimum absolute atomic E-state index is 0.0342. The van der Waals surface area contributed by atoms with E-state index in [-0.39, 0.29) is 5.91 Å². The molecule has 1 rings (SSSR count). The average molecular weight is 252 g/mol. The Labute approximate surface area is 107 Å². The van der Waals surface area contributed by atoms with E-state index in [0.29, 0.717) is 5.92 Å². The van der Waals surface area contributed by atoms with Crippen molar-refractivity contribution in [2.24, 2.45) is 5.92 Å². The molecular weight excluding hydrogens is 232 g/mol. The number of hydrogen-bond donors (Lipinski definition) is 2. The standard InChI is InChI=1S/C13H20N2OS/c1-10(8-14-3)9-17-13-6-4-12(5-7-13)15-11(2)16/h4-7,10,14H,8-9H2,1-3H3,(H,15,16). The summed E-state index contributed by atoms with van der Waals surface area (Å²) in [5.41, 5.74) is 0.852. The lowest BCUT2D eigenvalue weighted by molar-refractivity contribution is -0.114. The Morgan fingerprint density at radius 1 is 1.35 bits per heavy atom. The van der Waals surface area contributed by atoms with Gasteiger partial charge >= 0.3 is 0 Å². The first-order valence-corrected chi connectivity index (χ1v) is 6.75. The van der Waals surface area contributed by atoms with Gasteiger partial charge in [-0.15, -0.1) is 11.8 Å². The molecule has 0 spiro atoms. The van der Waals surface area contributed by atoms with Crippen molar-refractivity contribution in [2.45, 2.75) is 18.7 Å². The summed E-state index contributed by atoms with van der Waals surface area (Å²) in [7, 11) is 1.98. The van der Waals surface area contributed by atoms with E-state index in [1.165, 1.54) is 11.8 Å². The molecule has 1 amide bonds. The molecule has 0 aliphatic rings. The van der Waals surface area contributed by atoms with Crippen molar-refractivity contribution in [3.05, 3.63) is 24.3 Å². The van der Waals surface area contributed by atoms with Crippen LogP contribution in [0.1, 0.15) is 13.8 Å². The van der Waals surface area contributed by atoms with Crippen LogP contribution in [0, 0.1) is 5.92 Å². The fourth-order valence-corrected chi connectivity index (χ4v) is 2.41. The Morgan fingerprint density at radius 3 is 2.53 bits per heavy atom. The number of benzene rings is 1. The van der Waals surface area contributed by atoms with Gasteiger partial charge in [-0.25, -0.2) is 0 Å². The molecule has 94 valence electrons. The molecule has 0 saturated carbocycles. The van der Waals surface area contributed by atoms with Crippen LogP contribution in [0.25, 0.3) is 0 Å². The third kappa shape index (κ3) is 5.75. The molecule has 0 heterocycles. The third-order valence-electron chi connectivity index (χ3n) is 2.26. The Hall–Kier alpha value is -1.00. The van der Waals surface area contributed by atoms with Crippen LogP contribution in [-0.4, -0.2) is 25.3 Å². The highest BCUT2D eigenvalue weighted by molar-refractivity contribution is 7.99. The van der Waals surface area contributed by atoms with Gasteiger partial charge < -0.3 is 10.6 Å². The van der Waals surface area contributed by atoms with Gasteiger partial charge in [0.2, 0.25) is 5.91 Å². The molecule has 1 atom stereocenters. The minimum Gasteiger partial charge on any atom is -0.326 e. The van der Waals surface area contributed by atoms with Crippen LogP contribution in [0.5, 0.6) is 0 Å². The van der Waals surface area contributed by atoms with E-state index in [2.05, 4.69) is 17.6 Å². The molecule has 1 unspecified atom stereocenters. The van der Waals surface area contributed by atoms with Gasteiger partial charge in [-0.05, 0) is 43.8 Å². The maximum absolute atomic E-state index is 10.9. The van der Waals surface area contributed by atoms with Gasteiger partial charge in [0, 0.05) is 23.3 Å². The molecule has 0 aliphatic heterocycles. The van der Waals surface area contributed by atoms with Crippen molar-refractivity contribution in [1.82, 2.24) is 5.32 Å². The Kier molecular flexibility index (Phi) is 6.08. The molecule has 2 N–H and O–H groups in total. The molecule has 0 radical (unpaired) electrons. The Morgan fingerprint density at radius 2 is 2.00 bits per heavy atom. The Balaban J connectivity index is 2.42. The number of hydrogen-bond acceptors (Lipinski definition) is 3. The number of amides is 1. The van der Waals surface area contributed by atoms with Crippen molar-refractivity contribution < 1.29 is 4.79 Å². The topological polar surface area (TPSA) is 41.1 Å². The number of carbonyl (C=O) groups excluding carboxylic acids is 1. The molecular formula is C13H20N2OS. The molecule has 4 heteroatoms. The van der Waals surface area contributed by atoms with E-state index in [9.17, 15) is 4.79 Å². The lowest BCUT2D eigenvalue weighted by Gasteiger charge is -2.10. The van der Waals surface area contributed by atoms with E-state index in [0.717, 1.165) is 18.0 Å².